The number of nitrogens with one attached hydrogen (secondary N) is 1. The Balaban J connectivity index is 1.95. The zero-order valence-corrected chi connectivity index (χ0v) is 19.0. The van der Waals surface area contributed by atoms with Crippen molar-refractivity contribution in [2.24, 2.45) is 0 Å². The fourth-order valence-electron chi connectivity index (χ4n) is 3.09. The molecule has 2 aromatic rings. The minimum Gasteiger partial charge on any atom is -0.455 e. The smallest absolute Gasteiger partial charge is 0.310 e. The van der Waals surface area contributed by atoms with Crippen LogP contribution in [0.15, 0.2) is 42.5 Å². The molecule has 0 aliphatic rings. The molecule has 0 aromatic heterocycles. The van der Waals surface area contributed by atoms with Crippen molar-refractivity contribution in [1.82, 2.24) is 4.90 Å². The first-order chi connectivity index (χ1) is 14.7. The van der Waals surface area contributed by atoms with E-state index < -0.39 is 5.97 Å². The third-order valence-corrected chi connectivity index (χ3v) is 5.46. The molecule has 6 nitrogen and oxygen atoms in total. The van der Waals surface area contributed by atoms with Crippen LogP contribution in [0.3, 0.4) is 0 Å². The largest absolute Gasteiger partial charge is 0.455 e. The van der Waals surface area contributed by atoms with Gasteiger partial charge in [0.25, 0.3) is 5.91 Å². The summed E-state index contributed by atoms with van der Waals surface area (Å²) in [5, 5.41) is 2.88. The Hall–Kier alpha value is -3.15. The van der Waals surface area contributed by atoms with Crippen LogP contribution in [0.1, 0.15) is 42.5 Å². The summed E-state index contributed by atoms with van der Waals surface area (Å²) in [5.41, 5.74) is 4.73. The number of anilines is 1. The fourth-order valence-corrected chi connectivity index (χ4v) is 3.09. The van der Waals surface area contributed by atoms with Gasteiger partial charge >= 0.3 is 5.97 Å². The minimum absolute atomic E-state index is 0.100. The van der Waals surface area contributed by atoms with E-state index >= 15 is 0 Å². The molecule has 0 unspecified atom stereocenters. The predicted molar refractivity (Wildman–Crippen MR) is 122 cm³/mol. The van der Waals surface area contributed by atoms with E-state index in [0.29, 0.717) is 6.42 Å². The quantitative estimate of drug-likeness (QED) is 0.618. The lowest BCUT2D eigenvalue weighted by Crippen LogP contribution is -2.45. The molecule has 1 atom stereocenters. The van der Waals surface area contributed by atoms with E-state index in [1.54, 1.807) is 0 Å². The van der Waals surface area contributed by atoms with Crippen LogP contribution < -0.4 is 5.32 Å². The number of rotatable bonds is 9. The van der Waals surface area contributed by atoms with Crippen LogP contribution in [0.25, 0.3) is 0 Å². The van der Waals surface area contributed by atoms with Gasteiger partial charge in [-0.1, -0.05) is 48.9 Å². The zero-order chi connectivity index (χ0) is 23.0. The highest BCUT2D eigenvalue weighted by Gasteiger charge is 2.23. The molecular formula is C25H32N2O4. The number of amides is 2. The monoisotopic (exact) mass is 424 g/mol. The van der Waals surface area contributed by atoms with E-state index in [4.69, 9.17) is 4.74 Å². The number of hydrogen-bond acceptors (Lipinski definition) is 4. The number of hydrogen-bond donors (Lipinski definition) is 1. The molecule has 0 bridgehead atoms. The molecule has 2 aromatic carbocycles. The summed E-state index contributed by atoms with van der Waals surface area (Å²) in [6.07, 6.45) is 0.782. The lowest BCUT2D eigenvalue weighted by molar-refractivity contribution is -0.152. The number of ether oxygens (including phenoxy) is 1. The number of nitrogens with zero attached hydrogens (tertiary/aromatic N) is 1. The lowest BCUT2D eigenvalue weighted by Gasteiger charge is -2.28. The molecule has 6 heteroatoms. The first-order valence-electron chi connectivity index (χ1n) is 10.6. The van der Waals surface area contributed by atoms with Crippen molar-refractivity contribution in [3.63, 3.8) is 0 Å². The molecule has 0 saturated carbocycles. The van der Waals surface area contributed by atoms with Gasteiger partial charge in [0, 0.05) is 11.7 Å². The van der Waals surface area contributed by atoms with Crippen LogP contribution in [0, 0.1) is 20.8 Å². The van der Waals surface area contributed by atoms with E-state index in [1.807, 2.05) is 77.1 Å². The van der Waals surface area contributed by atoms with Gasteiger partial charge in [0.1, 0.15) is 6.54 Å². The summed E-state index contributed by atoms with van der Waals surface area (Å²) in [6, 6.07) is 13.1. The molecule has 2 amide bonds. The maximum atomic E-state index is 12.7. The van der Waals surface area contributed by atoms with E-state index in [0.717, 1.165) is 27.9 Å². The average Bonchev–Trinajstić information content (AvgIpc) is 2.74. The molecule has 31 heavy (non-hydrogen) atoms. The molecule has 0 aliphatic heterocycles. The molecule has 2 rings (SSSR count). The van der Waals surface area contributed by atoms with Crippen LogP contribution in [0.2, 0.25) is 0 Å². The normalized spacial score (nSPS) is 11.5. The highest BCUT2D eigenvalue weighted by Crippen LogP contribution is 2.18. The highest BCUT2D eigenvalue weighted by atomic mass is 16.5. The number of benzene rings is 2. The summed E-state index contributed by atoms with van der Waals surface area (Å²) in [6.45, 7) is 9.22. The maximum Gasteiger partial charge on any atom is 0.310 e. The SMILES string of the molecule is CC[C@H](C)N(CC(=O)Nc1cccc(C)c1C)C(=O)COC(=O)Cc1ccc(C)cc1. The van der Waals surface area contributed by atoms with Gasteiger partial charge in [-0.25, -0.2) is 0 Å². The molecule has 0 radical (unpaired) electrons. The third kappa shape index (κ3) is 7.24. The van der Waals surface area contributed by atoms with Crippen molar-refractivity contribution < 1.29 is 19.1 Å². The van der Waals surface area contributed by atoms with Gasteiger partial charge in [0.15, 0.2) is 6.61 Å². The van der Waals surface area contributed by atoms with Gasteiger partial charge in [-0.3, -0.25) is 14.4 Å². The zero-order valence-electron chi connectivity index (χ0n) is 19.0. The molecule has 0 saturated heterocycles. The van der Waals surface area contributed by atoms with E-state index in [1.165, 1.54) is 4.90 Å². The first-order valence-corrected chi connectivity index (χ1v) is 10.6. The molecule has 0 aliphatic carbocycles. The van der Waals surface area contributed by atoms with Crippen molar-refractivity contribution in [3.05, 3.63) is 64.7 Å². The van der Waals surface area contributed by atoms with Gasteiger partial charge in [-0.05, 0) is 56.9 Å². The van der Waals surface area contributed by atoms with E-state index in [9.17, 15) is 14.4 Å². The number of esters is 1. The predicted octanol–water partition coefficient (Wildman–Crippen LogP) is 3.96. The molecule has 0 spiro atoms. The standard InChI is InChI=1S/C25H32N2O4/c1-6-19(4)27(15-23(28)26-22-9-7-8-18(3)20(22)5)24(29)16-31-25(30)14-21-12-10-17(2)11-13-21/h7-13,19H,6,14-16H2,1-5H3,(H,26,28)/t19-/m0/s1. The van der Waals surface area contributed by atoms with Gasteiger partial charge in [0.2, 0.25) is 5.91 Å². The van der Waals surface area contributed by atoms with Crippen LogP contribution in [0.5, 0.6) is 0 Å². The molecule has 166 valence electrons. The Morgan fingerprint density at radius 1 is 1.03 bits per heavy atom. The Labute approximate surface area is 184 Å². The Kier molecular flexibility index (Phi) is 8.79. The van der Waals surface area contributed by atoms with Gasteiger partial charge in [0.05, 0.1) is 6.42 Å². The number of carbonyl (C=O) groups excluding carboxylic acids is 3. The topological polar surface area (TPSA) is 75.7 Å². The first kappa shape index (κ1) is 24.1. The molecule has 0 fully saturated rings. The molecule has 1 N–H and O–H groups in total. The van der Waals surface area contributed by atoms with Crippen molar-refractivity contribution in [2.75, 3.05) is 18.5 Å². The second-order valence-corrected chi connectivity index (χ2v) is 7.90. The van der Waals surface area contributed by atoms with Crippen LogP contribution in [0.4, 0.5) is 5.69 Å². The third-order valence-electron chi connectivity index (χ3n) is 5.46. The van der Waals surface area contributed by atoms with Crippen LogP contribution >= 0.6 is 0 Å². The fraction of sp³-hybridized carbons (Fsp3) is 0.400. The molecule has 0 heterocycles. The summed E-state index contributed by atoms with van der Waals surface area (Å²) in [4.78, 5) is 38.9. The second-order valence-electron chi connectivity index (χ2n) is 7.90. The van der Waals surface area contributed by atoms with Crippen LogP contribution in [-0.4, -0.2) is 41.9 Å². The van der Waals surface area contributed by atoms with Crippen molar-refractivity contribution in [1.29, 1.82) is 0 Å². The summed E-state index contributed by atoms with van der Waals surface area (Å²) in [5.74, 6) is -1.14. The van der Waals surface area contributed by atoms with E-state index in [-0.39, 0.29) is 37.4 Å². The second kappa shape index (κ2) is 11.3. The number of aryl methyl sites for hydroxylation is 2. The van der Waals surface area contributed by atoms with E-state index in [2.05, 4.69) is 5.32 Å². The summed E-state index contributed by atoms with van der Waals surface area (Å²) >= 11 is 0. The lowest BCUT2D eigenvalue weighted by atomic mass is 10.1. The van der Waals surface area contributed by atoms with Crippen molar-refractivity contribution in [3.8, 4) is 0 Å². The Bertz CT molecular complexity index is 922. The van der Waals surface area contributed by atoms with Gasteiger partial charge in [-0.15, -0.1) is 0 Å². The van der Waals surface area contributed by atoms with Crippen molar-refractivity contribution in [2.45, 2.75) is 53.5 Å². The Morgan fingerprint density at radius 3 is 2.35 bits per heavy atom. The maximum absolute atomic E-state index is 12.7. The van der Waals surface area contributed by atoms with Gasteiger partial charge < -0.3 is 15.0 Å². The van der Waals surface area contributed by atoms with Crippen LogP contribution in [-0.2, 0) is 25.5 Å². The van der Waals surface area contributed by atoms with Gasteiger partial charge in [-0.2, -0.15) is 0 Å². The summed E-state index contributed by atoms with van der Waals surface area (Å²) < 4.78 is 5.19. The highest BCUT2D eigenvalue weighted by molar-refractivity contribution is 5.95. The average molecular weight is 425 g/mol. The van der Waals surface area contributed by atoms with Crippen molar-refractivity contribution >= 4 is 23.5 Å². The minimum atomic E-state index is -0.471. The summed E-state index contributed by atoms with van der Waals surface area (Å²) in [7, 11) is 0. The Morgan fingerprint density at radius 2 is 1.71 bits per heavy atom. The number of carbonyl (C=O) groups is 3. The molecular weight excluding hydrogens is 392 g/mol.